The van der Waals surface area contributed by atoms with Crippen molar-refractivity contribution in [2.24, 2.45) is 5.92 Å². The van der Waals surface area contributed by atoms with E-state index in [-0.39, 0.29) is 12.5 Å². The van der Waals surface area contributed by atoms with Gasteiger partial charge in [-0.2, -0.15) is 0 Å². The van der Waals surface area contributed by atoms with Gasteiger partial charge in [0.2, 0.25) is 0 Å². The number of benzene rings is 1. The Kier molecular flexibility index (Phi) is 3.82. The topological polar surface area (TPSA) is 52.5 Å². The fourth-order valence-corrected chi connectivity index (χ4v) is 2.16. The maximum atomic E-state index is 9.71. The molecule has 17 heavy (non-hydrogen) atoms. The zero-order valence-electron chi connectivity index (χ0n) is 10.1. The Bertz CT molecular complexity index is 415. The lowest BCUT2D eigenvalue weighted by Crippen LogP contribution is -2.26. The second kappa shape index (κ2) is 5.34. The van der Waals surface area contributed by atoms with Gasteiger partial charge in [-0.3, -0.25) is 0 Å². The van der Waals surface area contributed by atoms with E-state index in [9.17, 15) is 5.11 Å². The highest BCUT2D eigenvalue weighted by molar-refractivity contribution is 5.35. The summed E-state index contributed by atoms with van der Waals surface area (Å²) in [5, 5.41) is 22.1. The first-order valence-electron chi connectivity index (χ1n) is 6.00. The van der Waals surface area contributed by atoms with E-state index >= 15 is 0 Å². The van der Waals surface area contributed by atoms with E-state index in [2.05, 4.69) is 11.4 Å². The number of phenolic OH excluding ortho intramolecular Hbond substituents is 1. The molecule has 1 aromatic rings. The highest BCUT2D eigenvalue weighted by Crippen LogP contribution is 2.20. The predicted molar refractivity (Wildman–Crippen MR) is 67.8 cm³/mol. The molecule has 0 saturated carbocycles. The van der Waals surface area contributed by atoms with Crippen LogP contribution in [0.5, 0.6) is 5.75 Å². The van der Waals surface area contributed by atoms with Gasteiger partial charge in [-0.25, -0.2) is 0 Å². The number of hydrogen-bond acceptors (Lipinski definition) is 3. The van der Waals surface area contributed by atoms with Gasteiger partial charge in [0.05, 0.1) is 0 Å². The van der Waals surface area contributed by atoms with Crippen molar-refractivity contribution in [2.45, 2.75) is 25.9 Å². The smallest absolute Gasteiger partial charge is 0.120 e. The second-order valence-corrected chi connectivity index (χ2v) is 4.68. The third kappa shape index (κ3) is 3.08. The first-order valence-corrected chi connectivity index (χ1v) is 6.00. The summed E-state index contributed by atoms with van der Waals surface area (Å²) in [4.78, 5) is 0. The molecular formula is C14H19NO2. The number of phenols is 1. The normalized spacial score (nSPS) is 23.2. The van der Waals surface area contributed by atoms with Crippen LogP contribution in [0.4, 0.5) is 0 Å². The third-order valence-corrected chi connectivity index (χ3v) is 3.20. The van der Waals surface area contributed by atoms with Gasteiger partial charge >= 0.3 is 0 Å². The van der Waals surface area contributed by atoms with Crippen molar-refractivity contribution < 1.29 is 10.2 Å². The SMILES string of the molecule is Cc1ccc(O)c(CN[C@@H]2C=C[C@H](CO)C2)c1. The minimum Gasteiger partial charge on any atom is -0.508 e. The van der Waals surface area contributed by atoms with Gasteiger partial charge in [-0.05, 0) is 19.4 Å². The Balaban J connectivity index is 1.90. The van der Waals surface area contributed by atoms with Crippen LogP contribution in [-0.2, 0) is 6.54 Å². The van der Waals surface area contributed by atoms with Crippen LogP contribution < -0.4 is 5.32 Å². The van der Waals surface area contributed by atoms with Gasteiger partial charge < -0.3 is 15.5 Å². The van der Waals surface area contributed by atoms with Crippen molar-refractivity contribution in [1.82, 2.24) is 5.32 Å². The Morgan fingerprint density at radius 2 is 2.18 bits per heavy atom. The van der Waals surface area contributed by atoms with E-state index < -0.39 is 0 Å². The molecule has 3 heteroatoms. The molecule has 92 valence electrons. The Morgan fingerprint density at radius 3 is 2.88 bits per heavy atom. The van der Waals surface area contributed by atoms with Crippen molar-refractivity contribution >= 4 is 0 Å². The summed E-state index contributed by atoms with van der Waals surface area (Å²) in [5.41, 5.74) is 2.07. The lowest BCUT2D eigenvalue weighted by atomic mass is 10.1. The maximum absolute atomic E-state index is 9.71. The number of aryl methyl sites for hydroxylation is 1. The van der Waals surface area contributed by atoms with Crippen LogP contribution in [0.25, 0.3) is 0 Å². The van der Waals surface area contributed by atoms with Crippen LogP contribution in [-0.4, -0.2) is 22.9 Å². The molecule has 3 N–H and O–H groups in total. The van der Waals surface area contributed by atoms with E-state index in [4.69, 9.17) is 5.11 Å². The van der Waals surface area contributed by atoms with Crippen LogP contribution in [0.15, 0.2) is 30.4 Å². The summed E-state index contributed by atoms with van der Waals surface area (Å²) in [6.07, 6.45) is 5.07. The first kappa shape index (κ1) is 12.1. The summed E-state index contributed by atoms with van der Waals surface area (Å²) < 4.78 is 0. The number of rotatable bonds is 4. The van der Waals surface area contributed by atoms with Crippen LogP contribution >= 0.6 is 0 Å². The van der Waals surface area contributed by atoms with E-state index in [1.807, 2.05) is 25.1 Å². The molecule has 1 aliphatic rings. The van der Waals surface area contributed by atoms with Gasteiger partial charge in [0.25, 0.3) is 0 Å². The maximum Gasteiger partial charge on any atom is 0.120 e. The first-order chi connectivity index (χ1) is 8.19. The van der Waals surface area contributed by atoms with E-state index in [0.29, 0.717) is 18.3 Å². The summed E-state index contributed by atoms with van der Waals surface area (Å²) >= 11 is 0. The Hall–Kier alpha value is -1.32. The van der Waals surface area contributed by atoms with E-state index in [1.54, 1.807) is 6.07 Å². The average Bonchev–Trinajstić information content (AvgIpc) is 2.78. The zero-order valence-corrected chi connectivity index (χ0v) is 10.1. The summed E-state index contributed by atoms with van der Waals surface area (Å²) in [6, 6.07) is 5.92. The molecule has 0 bridgehead atoms. The zero-order chi connectivity index (χ0) is 12.3. The molecule has 3 nitrogen and oxygen atoms in total. The van der Waals surface area contributed by atoms with Crippen molar-refractivity contribution in [3.8, 4) is 5.75 Å². The molecule has 0 amide bonds. The van der Waals surface area contributed by atoms with Crippen LogP contribution in [0, 0.1) is 12.8 Å². The second-order valence-electron chi connectivity index (χ2n) is 4.68. The molecule has 1 aliphatic carbocycles. The van der Waals surface area contributed by atoms with Crippen LogP contribution in [0.3, 0.4) is 0 Å². The van der Waals surface area contributed by atoms with Crippen LogP contribution in [0.2, 0.25) is 0 Å². The number of aliphatic hydroxyl groups excluding tert-OH is 1. The molecule has 0 unspecified atom stereocenters. The van der Waals surface area contributed by atoms with E-state index in [1.165, 1.54) is 0 Å². The molecule has 0 spiro atoms. The Labute approximate surface area is 102 Å². The standard InChI is InChI=1S/C14H19NO2/c1-10-2-5-14(17)12(6-10)8-15-13-4-3-11(7-13)9-16/h2-6,11,13,15-17H,7-9H2,1H3/t11-,13+/m0/s1. The summed E-state index contributed by atoms with van der Waals surface area (Å²) in [6.45, 7) is 2.88. The molecule has 2 rings (SSSR count). The fourth-order valence-electron chi connectivity index (χ4n) is 2.16. The minimum atomic E-state index is 0.213. The highest BCUT2D eigenvalue weighted by Gasteiger charge is 2.17. The van der Waals surface area contributed by atoms with Crippen molar-refractivity contribution in [3.05, 3.63) is 41.5 Å². The van der Waals surface area contributed by atoms with Gasteiger partial charge in [-0.1, -0.05) is 29.8 Å². The molecule has 0 saturated heterocycles. The third-order valence-electron chi connectivity index (χ3n) is 3.20. The molecule has 1 aromatic carbocycles. The monoisotopic (exact) mass is 233 g/mol. The summed E-state index contributed by atoms with van der Waals surface area (Å²) in [5.74, 6) is 0.613. The minimum absolute atomic E-state index is 0.213. The molecule has 2 atom stereocenters. The average molecular weight is 233 g/mol. The number of nitrogens with one attached hydrogen (secondary N) is 1. The van der Waals surface area contributed by atoms with Crippen molar-refractivity contribution in [1.29, 1.82) is 0 Å². The van der Waals surface area contributed by atoms with Gasteiger partial charge in [0, 0.05) is 30.7 Å². The van der Waals surface area contributed by atoms with Gasteiger partial charge in [0.15, 0.2) is 0 Å². The molecular weight excluding hydrogens is 214 g/mol. The molecule has 0 aromatic heterocycles. The fraction of sp³-hybridized carbons (Fsp3) is 0.429. The lowest BCUT2D eigenvalue weighted by molar-refractivity contribution is 0.246. The van der Waals surface area contributed by atoms with E-state index in [0.717, 1.165) is 17.5 Å². The van der Waals surface area contributed by atoms with Crippen molar-refractivity contribution in [3.63, 3.8) is 0 Å². The molecule has 0 radical (unpaired) electrons. The predicted octanol–water partition coefficient (Wildman–Crippen LogP) is 1.73. The van der Waals surface area contributed by atoms with Crippen LogP contribution in [0.1, 0.15) is 17.5 Å². The highest BCUT2D eigenvalue weighted by atomic mass is 16.3. The van der Waals surface area contributed by atoms with Gasteiger partial charge in [0.1, 0.15) is 5.75 Å². The number of aromatic hydroxyl groups is 1. The lowest BCUT2D eigenvalue weighted by Gasteiger charge is -2.13. The number of hydrogen-bond donors (Lipinski definition) is 3. The molecule has 0 fully saturated rings. The molecule has 0 heterocycles. The summed E-state index contributed by atoms with van der Waals surface area (Å²) in [7, 11) is 0. The largest absolute Gasteiger partial charge is 0.508 e. The quantitative estimate of drug-likeness (QED) is 0.694. The van der Waals surface area contributed by atoms with Crippen molar-refractivity contribution in [2.75, 3.05) is 6.61 Å². The number of aliphatic hydroxyl groups is 1. The molecule has 0 aliphatic heterocycles. The Morgan fingerprint density at radius 1 is 1.35 bits per heavy atom. The van der Waals surface area contributed by atoms with Gasteiger partial charge in [-0.15, -0.1) is 0 Å².